The van der Waals surface area contributed by atoms with E-state index in [4.69, 9.17) is 0 Å². The van der Waals surface area contributed by atoms with Crippen LogP contribution in [-0.4, -0.2) is 35.2 Å². The lowest BCUT2D eigenvalue weighted by molar-refractivity contribution is -0.138. The van der Waals surface area contributed by atoms with Gasteiger partial charge in [-0.3, -0.25) is 14.4 Å². The topological polar surface area (TPSA) is 78.5 Å². The van der Waals surface area contributed by atoms with E-state index < -0.39 is 11.9 Å². The molecule has 3 amide bonds. The molecule has 0 bridgehead atoms. The van der Waals surface area contributed by atoms with Gasteiger partial charge in [0.25, 0.3) is 5.91 Å². The summed E-state index contributed by atoms with van der Waals surface area (Å²) >= 11 is 0. The van der Waals surface area contributed by atoms with Crippen molar-refractivity contribution in [3.8, 4) is 0 Å². The van der Waals surface area contributed by atoms with Crippen LogP contribution >= 0.6 is 0 Å². The second-order valence-electron chi connectivity index (χ2n) is 8.29. The molecule has 2 N–H and O–H groups in total. The number of carbonyl (C=O) groups excluding carboxylic acids is 3. The predicted octanol–water partition coefficient (Wildman–Crippen LogP) is 3.93. The van der Waals surface area contributed by atoms with Crippen molar-refractivity contribution in [2.75, 3.05) is 11.9 Å². The van der Waals surface area contributed by atoms with Crippen LogP contribution in [0.5, 0.6) is 0 Å². The first kappa shape index (κ1) is 23.2. The number of amides is 3. The van der Waals surface area contributed by atoms with E-state index in [0.717, 1.165) is 17.5 Å². The molecule has 1 aliphatic rings. The van der Waals surface area contributed by atoms with Gasteiger partial charge >= 0.3 is 0 Å². The minimum absolute atomic E-state index is 0.0469. The van der Waals surface area contributed by atoms with Crippen molar-refractivity contribution in [3.63, 3.8) is 0 Å². The van der Waals surface area contributed by atoms with Gasteiger partial charge in [-0.25, -0.2) is 4.39 Å². The van der Waals surface area contributed by atoms with E-state index in [9.17, 15) is 18.8 Å². The van der Waals surface area contributed by atoms with Gasteiger partial charge in [-0.2, -0.15) is 0 Å². The maximum absolute atomic E-state index is 13.1. The van der Waals surface area contributed by atoms with Crippen LogP contribution in [0.4, 0.5) is 10.1 Å². The zero-order chi connectivity index (χ0) is 23.9. The Morgan fingerprint density at radius 3 is 2.41 bits per heavy atom. The van der Waals surface area contributed by atoms with E-state index >= 15 is 0 Å². The molecule has 1 fully saturated rings. The summed E-state index contributed by atoms with van der Waals surface area (Å²) < 4.78 is 13.1. The summed E-state index contributed by atoms with van der Waals surface area (Å²) in [5.74, 6) is -0.981. The molecule has 0 saturated carbocycles. The predicted molar refractivity (Wildman–Crippen MR) is 128 cm³/mol. The summed E-state index contributed by atoms with van der Waals surface area (Å²) in [6, 6.07) is 21.5. The molecule has 174 valence electrons. The lowest BCUT2D eigenvalue weighted by atomic mass is 10.1. The zero-order valence-electron chi connectivity index (χ0n) is 18.7. The van der Waals surface area contributed by atoms with Crippen molar-refractivity contribution in [2.24, 2.45) is 0 Å². The van der Waals surface area contributed by atoms with E-state index in [1.165, 1.54) is 24.3 Å². The minimum Gasteiger partial charge on any atom is -0.350 e. The maximum Gasteiger partial charge on any atom is 0.255 e. The summed E-state index contributed by atoms with van der Waals surface area (Å²) in [4.78, 5) is 39.7. The number of nitrogens with zero attached hydrogens (tertiary/aromatic N) is 1. The van der Waals surface area contributed by atoms with Gasteiger partial charge in [-0.05, 0) is 60.4 Å². The van der Waals surface area contributed by atoms with Crippen LogP contribution in [0.3, 0.4) is 0 Å². The quantitative estimate of drug-likeness (QED) is 0.562. The first-order chi connectivity index (χ1) is 16.5. The van der Waals surface area contributed by atoms with E-state index in [-0.39, 0.29) is 30.7 Å². The number of nitrogens with one attached hydrogen (secondary N) is 2. The monoisotopic (exact) mass is 459 g/mol. The van der Waals surface area contributed by atoms with Crippen LogP contribution < -0.4 is 10.6 Å². The SMILES string of the molecule is O=C(Nc1cccc(CNC(=O)C2CCCN2C(=O)Cc2ccccc2)c1)c1ccc(F)cc1. The van der Waals surface area contributed by atoms with Gasteiger partial charge in [0.05, 0.1) is 6.42 Å². The molecule has 3 aromatic carbocycles. The van der Waals surface area contributed by atoms with Gasteiger partial charge in [0.2, 0.25) is 11.8 Å². The Labute approximate surface area is 197 Å². The highest BCUT2D eigenvalue weighted by atomic mass is 19.1. The normalized spacial score (nSPS) is 15.1. The first-order valence-corrected chi connectivity index (χ1v) is 11.3. The van der Waals surface area contributed by atoms with Crippen molar-refractivity contribution in [3.05, 3.63) is 101 Å². The van der Waals surface area contributed by atoms with Gasteiger partial charge in [0, 0.05) is 24.3 Å². The molecule has 0 aliphatic carbocycles. The minimum atomic E-state index is -0.474. The number of hydrogen-bond donors (Lipinski definition) is 2. The fourth-order valence-corrected chi connectivity index (χ4v) is 4.08. The van der Waals surface area contributed by atoms with Gasteiger partial charge in [0.1, 0.15) is 11.9 Å². The molecule has 6 nitrogen and oxygen atoms in total. The molecule has 1 unspecified atom stereocenters. The van der Waals surface area contributed by atoms with Crippen LogP contribution in [0.15, 0.2) is 78.9 Å². The summed E-state index contributed by atoms with van der Waals surface area (Å²) in [6.07, 6.45) is 1.71. The zero-order valence-corrected chi connectivity index (χ0v) is 18.7. The van der Waals surface area contributed by atoms with E-state index in [2.05, 4.69) is 10.6 Å². The number of carbonyl (C=O) groups is 3. The van der Waals surface area contributed by atoms with Gasteiger partial charge in [-0.1, -0.05) is 42.5 Å². The molecular formula is C27H26FN3O3. The first-order valence-electron chi connectivity index (χ1n) is 11.3. The Morgan fingerprint density at radius 2 is 1.65 bits per heavy atom. The number of rotatable bonds is 7. The number of halogens is 1. The highest BCUT2D eigenvalue weighted by Crippen LogP contribution is 2.20. The second-order valence-corrected chi connectivity index (χ2v) is 8.29. The smallest absolute Gasteiger partial charge is 0.255 e. The molecule has 0 spiro atoms. The molecular weight excluding hydrogens is 433 g/mol. The lowest BCUT2D eigenvalue weighted by Crippen LogP contribution is -2.46. The number of anilines is 1. The van der Waals surface area contributed by atoms with Crippen LogP contribution in [0.2, 0.25) is 0 Å². The summed E-state index contributed by atoms with van der Waals surface area (Å²) in [5.41, 5.74) is 2.66. The Morgan fingerprint density at radius 1 is 0.912 bits per heavy atom. The average Bonchev–Trinajstić information content (AvgIpc) is 3.34. The third-order valence-electron chi connectivity index (χ3n) is 5.83. The molecule has 0 aromatic heterocycles. The summed E-state index contributed by atoms with van der Waals surface area (Å²) in [7, 11) is 0. The Balaban J connectivity index is 1.33. The van der Waals surface area contributed by atoms with Crippen LogP contribution in [0.1, 0.15) is 34.3 Å². The fraction of sp³-hybridized carbons (Fsp3) is 0.222. The molecule has 1 saturated heterocycles. The number of likely N-dealkylation sites (tertiary alicyclic amines) is 1. The number of hydrogen-bond acceptors (Lipinski definition) is 3. The van der Waals surface area contributed by atoms with Gasteiger partial charge < -0.3 is 15.5 Å². The lowest BCUT2D eigenvalue weighted by Gasteiger charge is -2.24. The van der Waals surface area contributed by atoms with Crippen LogP contribution in [-0.2, 0) is 22.6 Å². The third-order valence-corrected chi connectivity index (χ3v) is 5.83. The van der Waals surface area contributed by atoms with Crippen LogP contribution in [0.25, 0.3) is 0 Å². The highest BCUT2D eigenvalue weighted by molar-refractivity contribution is 6.04. The largest absolute Gasteiger partial charge is 0.350 e. The highest BCUT2D eigenvalue weighted by Gasteiger charge is 2.33. The van der Waals surface area contributed by atoms with Gasteiger partial charge in [0.15, 0.2) is 0 Å². The Kier molecular flexibility index (Phi) is 7.32. The second kappa shape index (κ2) is 10.7. The molecule has 1 aliphatic heterocycles. The molecule has 0 radical (unpaired) electrons. The van der Waals surface area contributed by atoms with E-state index in [1.807, 2.05) is 36.4 Å². The average molecular weight is 460 g/mol. The molecule has 3 aromatic rings. The Bertz CT molecular complexity index is 1170. The Hall–Kier alpha value is -4.00. The summed E-state index contributed by atoms with van der Waals surface area (Å²) in [5, 5.41) is 5.70. The standard InChI is InChI=1S/C27H26FN3O3/c28-22-13-11-21(12-14-22)26(33)30-23-9-4-8-20(16-23)18-29-27(34)24-10-5-15-31(24)25(32)17-19-6-2-1-3-7-19/h1-4,6-9,11-14,16,24H,5,10,15,17-18H2,(H,29,34)(H,30,33). The fourth-order valence-electron chi connectivity index (χ4n) is 4.08. The molecule has 4 rings (SSSR count). The summed E-state index contributed by atoms with van der Waals surface area (Å²) in [6.45, 7) is 0.852. The third kappa shape index (κ3) is 5.86. The van der Waals surface area contributed by atoms with Gasteiger partial charge in [-0.15, -0.1) is 0 Å². The van der Waals surface area contributed by atoms with E-state index in [0.29, 0.717) is 24.2 Å². The molecule has 1 heterocycles. The maximum atomic E-state index is 13.1. The molecule has 1 atom stereocenters. The molecule has 7 heteroatoms. The number of benzene rings is 3. The van der Waals surface area contributed by atoms with Crippen molar-refractivity contribution < 1.29 is 18.8 Å². The van der Waals surface area contributed by atoms with Crippen molar-refractivity contribution in [1.82, 2.24) is 10.2 Å². The van der Waals surface area contributed by atoms with Crippen molar-refractivity contribution in [1.29, 1.82) is 0 Å². The van der Waals surface area contributed by atoms with E-state index in [1.54, 1.807) is 23.1 Å². The van der Waals surface area contributed by atoms with Crippen molar-refractivity contribution >= 4 is 23.4 Å². The van der Waals surface area contributed by atoms with Crippen LogP contribution in [0, 0.1) is 5.82 Å². The van der Waals surface area contributed by atoms with Crippen molar-refractivity contribution in [2.45, 2.75) is 31.8 Å². The molecule has 34 heavy (non-hydrogen) atoms.